The average molecular weight is 317 g/mol. The van der Waals surface area contributed by atoms with Gasteiger partial charge in [-0.3, -0.25) is 4.79 Å². The zero-order valence-corrected chi connectivity index (χ0v) is 12.5. The Labute approximate surface area is 133 Å². The van der Waals surface area contributed by atoms with Gasteiger partial charge in [0, 0.05) is 12.6 Å². The third kappa shape index (κ3) is 5.43. The van der Waals surface area contributed by atoms with E-state index in [0.717, 1.165) is 0 Å². The Morgan fingerprint density at radius 3 is 2.52 bits per heavy atom. The summed E-state index contributed by atoms with van der Waals surface area (Å²) < 4.78 is 23.1. The molecular formula is C17H16FNO4. The lowest BCUT2D eigenvalue weighted by Crippen LogP contribution is -2.13. The van der Waals surface area contributed by atoms with Gasteiger partial charge in [-0.2, -0.15) is 0 Å². The van der Waals surface area contributed by atoms with Gasteiger partial charge in [-0.05, 0) is 42.5 Å². The van der Waals surface area contributed by atoms with Gasteiger partial charge < -0.3 is 14.8 Å². The largest absolute Gasteiger partial charge is 0.490 e. The number of benzene rings is 2. The number of ether oxygens (including phenoxy) is 2. The van der Waals surface area contributed by atoms with Crippen LogP contribution in [0.4, 0.5) is 10.1 Å². The van der Waals surface area contributed by atoms with E-state index >= 15 is 0 Å². The zero-order valence-electron chi connectivity index (χ0n) is 12.5. The molecule has 0 bridgehead atoms. The predicted molar refractivity (Wildman–Crippen MR) is 82.9 cm³/mol. The summed E-state index contributed by atoms with van der Waals surface area (Å²) in [6.45, 7) is 1.60. The molecule has 2 aromatic rings. The maximum absolute atomic E-state index is 12.7. The quantitative estimate of drug-likeness (QED) is 0.657. The molecule has 0 aliphatic carbocycles. The standard InChI is InChI=1S/C17H16FNO4/c1-12(20)19-15-4-2-3-13(11-15)17(21)23-10-9-22-16-7-5-14(18)6-8-16/h2-8,11H,9-10H2,1H3,(H,19,20). The first-order valence-corrected chi connectivity index (χ1v) is 6.98. The lowest BCUT2D eigenvalue weighted by molar-refractivity contribution is -0.114. The van der Waals surface area contributed by atoms with E-state index in [1.54, 1.807) is 18.2 Å². The van der Waals surface area contributed by atoms with E-state index in [0.29, 0.717) is 17.0 Å². The van der Waals surface area contributed by atoms with E-state index in [1.165, 1.54) is 37.3 Å². The summed E-state index contributed by atoms with van der Waals surface area (Å²) in [4.78, 5) is 22.9. The zero-order chi connectivity index (χ0) is 16.7. The summed E-state index contributed by atoms with van der Waals surface area (Å²) in [5.41, 5.74) is 0.854. The summed E-state index contributed by atoms with van der Waals surface area (Å²) in [6, 6.07) is 12.0. The van der Waals surface area contributed by atoms with Gasteiger partial charge in [-0.15, -0.1) is 0 Å². The molecule has 0 aliphatic rings. The number of nitrogens with one attached hydrogen (secondary N) is 1. The fourth-order valence-electron chi connectivity index (χ4n) is 1.84. The van der Waals surface area contributed by atoms with Crippen LogP contribution in [0.1, 0.15) is 17.3 Å². The topological polar surface area (TPSA) is 64.6 Å². The van der Waals surface area contributed by atoms with Crippen molar-refractivity contribution in [3.05, 3.63) is 59.9 Å². The number of hydrogen-bond acceptors (Lipinski definition) is 4. The third-order valence-corrected chi connectivity index (χ3v) is 2.82. The SMILES string of the molecule is CC(=O)Nc1cccc(C(=O)OCCOc2ccc(F)cc2)c1. The van der Waals surface area contributed by atoms with Crippen LogP contribution in [-0.4, -0.2) is 25.1 Å². The van der Waals surface area contributed by atoms with Crippen LogP contribution in [0.15, 0.2) is 48.5 Å². The molecule has 5 nitrogen and oxygen atoms in total. The van der Waals surface area contributed by atoms with Crippen molar-refractivity contribution in [2.45, 2.75) is 6.92 Å². The second-order valence-corrected chi connectivity index (χ2v) is 4.70. The lowest BCUT2D eigenvalue weighted by Gasteiger charge is -2.08. The summed E-state index contributed by atoms with van der Waals surface area (Å²) in [5.74, 6) is -0.582. The molecule has 0 atom stereocenters. The number of amides is 1. The van der Waals surface area contributed by atoms with Crippen LogP contribution in [0.25, 0.3) is 0 Å². The van der Waals surface area contributed by atoms with E-state index in [-0.39, 0.29) is 24.9 Å². The van der Waals surface area contributed by atoms with Crippen LogP contribution in [0, 0.1) is 5.82 Å². The van der Waals surface area contributed by atoms with E-state index in [4.69, 9.17) is 9.47 Å². The number of anilines is 1. The molecule has 0 spiro atoms. The molecule has 1 N–H and O–H groups in total. The van der Waals surface area contributed by atoms with Gasteiger partial charge in [-0.1, -0.05) is 6.07 Å². The van der Waals surface area contributed by atoms with Crippen molar-refractivity contribution in [2.24, 2.45) is 0 Å². The van der Waals surface area contributed by atoms with Crippen molar-refractivity contribution in [3.8, 4) is 5.75 Å². The number of halogens is 1. The minimum Gasteiger partial charge on any atom is -0.490 e. The molecule has 1 amide bonds. The van der Waals surface area contributed by atoms with Gasteiger partial charge in [0.05, 0.1) is 5.56 Å². The van der Waals surface area contributed by atoms with Gasteiger partial charge in [0.1, 0.15) is 24.8 Å². The normalized spacial score (nSPS) is 10.0. The van der Waals surface area contributed by atoms with E-state index < -0.39 is 5.97 Å². The minimum absolute atomic E-state index is 0.0561. The second kappa shape index (κ2) is 7.93. The highest BCUT2D eigenvalue weighted by Crippen LogP contribution is 2.13. The number of hydrogen-bond donors (Lipinski definition) is 1. The highest BCUT2D eigenvalue weighted by Gasteiger charge is 2.08. The highest BCUT2D eigenvalue weighted by molar-refractivity contribution is 5.93. The number of carbonyl (C=O) groups is 2. The lowest BCUT2D eigenvalue weighted by atomic mass is 10.2. The van der Waals surface area contributed by atoms with Crippen LogP contribution in [0.5, 0.6) is 5.75 Å². The Morgan fingerprint density at radius 1 is 1.09 bits per heavy atom. The molecule has 0 radical (unpaired) electrons. The first kappa shape index (κ1) is 16.5. The van der Waals surface area contributed by atoms with E-state index in [1.807, 2.05) is 0 Å². The van der Waals surface area contributed by atoms with Gasteiger partial charge >= 0.3 is 5.97 Å². The maximum Gasteiger partial charge on any atom is 0.338 e. The molecule has 0 heterocycles. The molecule has 2 rings (SSSR count). The van der Waals surface area contributed by atoms with E-state index in [9.17, 15) is 14.0 Å². The molecule has 6 heteroatoms. The summed E-state index contributed by atoms with van der Waals surface area (Å²) >= 11 is 0. The molecular weight excluding hydrogens is 301 g/mol. The molecule has 0 saturated carbocycles. The predicted octanol–water partition coefficient (Wildman–Crippen LogP) is 3.02. The Bertz CT molecular complexity index is 685. The highest BCUT2D eigenvalue weighted by atomic mass is 19.1. The van der Waals surface area contributed by atoms with Crippen molar-refractivity contribution in [3.63, 3.8) is 0 Å². The smallest absolute Gasteiger partial charge is 0.338 e. The molecule has 0 saturated heterocycles. The first-order chi connectivity index (χ1) is 11.0. The average Bonchev–Trinajstić information content (AvgIpc) is 2.52. The number of rotatable bonds is 6. The summed E-state index contributed by atoms with van der Waals surface area (Å²) in [5, 5.41) is 2.59. The van der Waals surface area contributed by atoms with Crippen molar-refractivity contribution in [2.75, 3.05) is 18.5 Å². The van der Waals surface area contributed by atoms with E-state index in [2.05, 4.69) is 5.32 Å². The Kier molecular flexibility index (Phi) is 5.68. The second-order valence-electron chi connectivity index (χ2n) is 4.70. The molecule has 120 valence electrons. The Balaban J connectivity index is 1.80. The van der Waals surface area contributed by atoms with Crippen LogP contribution in [0.2, 0.25) is 0 Å². The molecule has 2 aromatic carbocycles. The number of carbonyl (C=O) groups excluding carboxylic acids is 2. The molecule has 23 heavy (non-hydrogen) atoms. The van der Waals surface area contributed by atoms with Gasteiger partial charge in [0.25, 0.3) is 0 Å². The summed E-state index contributed by atoms with van der Waals surface area (Å²) in [7, 11) is 0. The van der Waals surface area contributed by atoms with Crippen molar-refractivity contribution in [1.29, 1.82) is 0 Å². The third-order valence-electron chi connectivity index (χ3n) is 2.82. The van der Waals surface area contributed by atoms with Gasteiger partial charge in [-0.25, -0.2) is 9.18 Å². The van der Waals surface area contributed by atoms with Crippen LogP contribution in [0.3, 0.4) is 0 Å². The van der Waals surface area contributed by atoms with Crippen LogP contribution < -0.4 is 10.1 Å². The summed E-state index contributed by atoms with van der Waals surface area (Å²) in [6.07, 6.45) is 0. The van der Waals surface area contributed by atoms with Gasteiger partial charge in [0.2, 0.25) is 5.91 Å². The Morgan fingerprint density at radius 2 is 1.83 bits per heavy atom. The van der Waals surface area contributed by atoms with Crippen molar-refractivity contribution in [1.82, 2.24) is 0 Å². The minimum atomic E-state index is -0.514. The maximum atomic E-state index is 12.7. The fraction of sp³-hybridized carbons (Fsp3) is 0.176. The monoisotopic (exact) mass is 317 g/mol. The molecule has 0 unspecified atom stereocenters. The van der Waals surface area contributed by atoms with Crippen LogP contribution >= 0.6 is 0 Å². The molecule has 0 aliphatic heterocycles. The Hall–Kier alpha value is -2.89. The van der Waals surface area contributed by atoms with Crippen LogP contribution in [-0.2, 0) is 9.53 Å². The first-order valence-electron chi connectivity index (χ1n) is 6.98. The van der Waals surface area contributed by atoms with Gasteiger partial charge in [0.15, 0.2) is 0 Å². The molecule has 0 aromatic heterocycles. The molecule has 0 fully saturated rings. The fourth-order valence-corrected chi connectivity index (χ4v) is 1.84. The van der Waals surface area contributed by atoms with Crippen molar-refractivity contribution >= 4 is 17.6 Å². The van der Waals surface area contributed by atoms with Crippen molar-refractivity contribution < 1.29 is 23.5 Å². The number of esters is 1.